The molecule has 1 atom stereocenters. The van der Waals surface area contributed by atoms with Gasteiger partial charge in [0, 0.05) is 19.1 Å². The Bertz CT molecular complexity index is 302. The van der Waals surface area contributed by atoms with E-state index in [1.807, 2.05) is 11.8 Å². The smallest absolute Gasteiger partial charge is 0.308 e. The van der Waals surface area contributed by atoms with Crippen LogP contribution in [0.2, 0.25) is 0 Å². The number of amides is 1. The number of rotatable bonds is 6. The monoisotopic (exact) mass is 288 g/mol. The Labute approximate surface area is 119 Å². The second-order valence-electron chi connectivity index (χ2n) is 5.00. The highest BCUT2D eigenvalue weighted by Gasteiger charge is 2.27. The third-order valence-electron chi connectivity index (χ3n) is 3.33. The lowest BCUT2D eigenvalue weighted by Crippen LogP contribution is -2.41. The van der Waals surface area contributed by atoms with Crippen LogP contribution in [0.4, 0.5) is 0 Å². The fraction of sp³-hybridized carbons (Fsp3) is 0.846. The number of ether oxygens (including phenoxy) is 1. The second-order valence-corrected chi connectivity index (χ2v) is 6.10. The second kappa shape index (κ2) is 8.43. The zero-order chi connectivity index (χ0) is 14.3. The maximum Gasteiger partial charge on any atom is 0.308 e. The minimum absolute atomic E-state index is 0.0419. The number of nitrogens with two attached hydrogens (primary N) is 1. The van der Waals surface area contributed by atoms with Crippen molar-refractivity contribution in [2.24, 2.45) is 11.7 Å². The summed E-state index contributed by atoms with van der Waals surface area (Å²) >= 11 is 1.63. The molecule has 0 aromatic rings. The molecule has 0 aromatic heterocycles. The minimum atomic E-state index is -0.154. The van der Waals surface area contributed by atoms with Gasteiger partial charge in [0.2, 0.25) is 5.91 Å². The topological polar surface area (TPSA) is 72.6 Å². The van der Waals surface area contributed by atoms with E-state index in [0.717, 1.165) is 12.2 Å². The Balaban J connectivity index is 2.20. The Hall–Kier alpha value is -0.750. The number of likely N-dealkylation sites (tertiary alicyclic amines) is 1. The van der Waals surface area contributed by atoms with Crippen LogP contribution in [0.15, 0.2) is 0 Å². The standard InChI is InChI=1S/C13H24N2O3S/c1-10(14)5-8-19-9-12(16)15-6-3-11(4-7-15)13(17)18-2/h10-11H,3-9,14H2,1-2H3. The van der Waals surface area contributed by atoms with Crippen LogP contribution >= 0.6 is 11.8 Å². The van der Waals surface area contributed by atoms with Gasteiger partial charge in [-0.15, -0.1) is 0 Å². The molecule has 1 rings (SSSR count). The van der Waals surface area contributed by atoms with Crippen molar-refractivity contribution in [1.82, 2.24) is 4.90 Å². The van der Waals surface area contributed by atoms with E-state index in [1.165, 1.54) is 7.11 Å². The molecule has 110 valence electrons. The quantitative estimate of drug-likeness (QED) is 0.580. The molecule has 1 unspecified atom stereocenters. The molecule has 6 heteroatoms. The zero-order valence-corrected chi connectivity index (χ0v) is 12.6. The van der Waals surface area contributed by atoms with Crippen LogP contribution in [-0.4, -0.2) is 54.5 Å². The van der Waals surface area contributed by atoms with E-state index in [4.69, 9.17) is 10.5 Å². The molecular weight excluding hydrogens is 264 g/mol. The maximum absolute atomic E-state index is 11.9. The van der Waals surface area contributed by atoms with Crippen molar-refractivity contribution in [2.75, 3.05) is 31.7 Å². The summed E-state index contributed by atoms with van der Waals surface area (Å²) in [7, 11) is 1.41. The van der Waals surface area contributed by atoms with Crippen LogP contribution < -0.4 is 5.73 Å². The van der Waals surface area contributed by atoms with Crippen LogP contribution in [-0.2, 0) is 14.3 Å². The number of carbonyl (C=O) groups excluding carboxylic acids is 2. The lowest BCUT2D eigenvalue weighted by molar-refractivity contribution is -0.148. The van der Waals surface area contributed by atoms with E-state index in [9.17, 15) is 9.59 Å². The first-order valence-electron chi connectivity index (χ1n) is 6.73. The van der Waals surface area contributed by atoms with Crippen molar-refractivity contribution in [2.45, 2.75) is 32.2 Å². The Morgan fingerprint density at radius 3 is 2.58 bits per heavy atom. The van der Waals surface area contributed by atoms with Crippen molar-refractivity contribution in [3.05, 3.63) is 0 Å². The number of nitrogens with zero attached hydrogens (tertiary/aromatic N) is 1. The van der Waals surface area contributed by atoms with Gasteiger partial charge < -0.3 is 15.4 Å². The Morgan fingerprint density at radius 1 is 1.42 bits per heavy atom. The van der Waals surface area contributed by atoms with E-state index < -0.39 is 0 Å². The first-order chi connectivity index (χ1) is 9.04. The molecule has 19 heavy (non-hydrogen) atoms. The molecule has 0 saturated carbocycles. The highest BCUT2D eigenvalue weighted by molar-refractivity contribution is 7.99. The fourth-order valence-electron chi connectivity index (χ4n) is 2.05. The maximum atomic E-state index is 11.9. The normalized spacial score (nSPS) is 18.2. The largest absolute Gasteiger partial charge is 0.469 e. The van der Waals surface area contributed by atoms with Gasteiger partial charge in [0.25, 0.3) is 0 Å². The number of thioether (sulfide) groups is 1. The number of methoxy groups -OCH3 is 1. The molecule has 1 amide bonds. The predicted molar refractivity (Wildman–Crippen MR) is 76.9 cm³/mol. The summed E-state index contributed by atoms with van der Waals surface area (Å²) in [6, 6.07) is 0.193. The number of hydrogen-bond donors (Lipinski definition) is 1. The number of hydrogen-bond acceptors (Lipinski definition) is 5. The summed E-state index contributed by atoms with van der Waals surface area (Å²) in [6.45, 7) is 3.29. The third kappa shape index (κ3) is 5.82. The van der Waals surface area contributed by atoms with E-state index >= 15 is 0 Å². The SMILES string of the molecule is COC(=O)C1CCN(C(=O)CSCCC(C)N)CC1. The third-order valence-corrected chi connectivity index (χ3v) is 4.30. The molecule has 0 spiro atoms. The van der Waals surface area contributed by atoms with Crippen LogP contribution in [0.25, 0.3) is 0 Å². The van der Waals surface area contributed by atoms with Crippen LogP contribution in [0.3, 0.4) is 0 Å². The highest BCUT2D eigenvalue weighted by atomic mass is 32.2. The average molecular weight is 288 g/mol. The molecule has 1 saturated heterocycles. The van der Waals surface area contributed by atoms with Gasteiger partial charge in [-0.3, -0.25) is 9.59 Å². The zero-order valence-electron chi connectivity index (χ0n) is 11.8. The van der Waals surface area contributed by atoms with Crippen molar-refractivity contribution in [3.8, 4) is 0 Å². The van der Waals surface area contributed by atoms with Gasteiger partial charge in [-0.1, -0.05) is 0 Å². The first kappa shape index (κ1) is 16.3. The lowest BCUT2D eigenvalue weighted by Gasteiger charge is -2.30. The molecular formula is C13H24N2O3S. The number of esters is 1. The lowest BCUT2D eigenvalue weighted by atomic mass is 9.97. The van der Waals surface area contributed by atoms with Crippen molar-refractivity contribution < 1.29 is 14.3 Å². The molecule has 1 aliphatic rings. The molecule has 0 bridgehead atoms. The Kier molecular flexibility index (Phi) is 7.23. The molecule has 5 nitrogen and oxygen atoms in total. The average Bonchev–Trinajstić information content (AvgIpc) is 2.42. The molecule has 0 aromatic carbocycles. The summed E-state index contributed by atoms with van der Waals surface area (Å²) in [5.41, 5.74) is 5.66. The first-order valence-corrected chi connectivity index (χ1v) is 7.89. The van der Waals surface area contributed by atoms with Gasteiger partial charge in [-0.05, 0) is 31.9 Å². The van der Waals surface area contributed by atoms with Gasteiger partial charge in [0.15, 0.2) is 0 Å². The van der Waals surface area contributed by atoms with E-state index in [1.54, 1.807) is 11.8 Å². The van der Waals surface area contributed by atoms with Crippen molar-refractivity contribution in [3.63, 3.8) is 0 Å². The van der Waals surface area contributed by atoms with E-state index in [0.29, 0.717) is 31.7 Å². The molecule has 1 fully saturated rings. The number of carbonyl (C=O) groups is 2. The van der Waals surface area contributed by atoms with Crippen molar-refractivity contribution >= 4 is 23.6 Å². The van der Waals surface area contributed by atoms with E-state index in [2.05, 4.69) is 0 Å². The highest BCUT2D eigenvalue weighted by Crippen LogP contribution is 2.19. The summed E-state index contributed by atoms with van der Waals surface area (Å²) in [5.74, 6) is 1.40. The van der Waals surface area contributed by atoms with Gasteiger partial charge >= 0.3 is 5.97 Å². The molecule has 1 aliphatic heterocycles. The summed E-state index contributed by atoms with van der Waals surface area (Å²) in [4.78, 5) is 25.2. The molecule has 0 aliphatic carbocycles. The minimum Gasteiger partial charge on any atom is -0.469 e. The fourth-order valence-corrected chi connectivity index (χ4v) is 3.09. The van der Waals surface area contributed by atoms with Gasteiger partial charge in [-0.25, -0.2) is 0 Å². The van der Waals surface area contributed by atoms with Crippen LogP contribution in [0, 0.1) is 5.92 Å². The van der Waals surface area contributed by atoms with Gasteiger partial charge in [-0.2, -0.15) is 11.8 Å². The van der Waals surface area contributed by atoms with E-state index in [-0.39, 0.29) is 23.8 Å². The van der Waals surface area contributed by atoms with Crippen LogP contribution in [0.1, 0.15) is 26.2 Å². The predicted octanol–water partition coefficient (Wildman–Crippen LogP) is 0.869. The number of piperidine rings is 1. The molecule has 1 heterocycles. The van der Waals surface area contributed by atoms with Gasteiger partial charge in [0.1, 0.15) is 0 Å². The van der Waals surface area contributed by atoms with Crippen LogP contribution in [0.5, 0.6) is 0 Å². The summed E-state index contributed by atoms with van der Waals surface area (Å²) < 4.78 is 4.73. The molecule has 0 radical (unpaired) electrons. The van der Waals surface area contributed by atoms with Crippen molar-refractivity contribution in [1.29, 1.82) is 0 Å². The Morgan fingerprint density at radius 2 is 2.05 bits per heavy atom. The summed E-state index contributed by atoms with van der Waals surface area (Å²) in [6.07, 6.45) is 2.36. The molecule has 2 N–H and O–H groups in total. The van der Waals surface area contributed by atoms with Gasteiger partial charge in [0.05, 0.1) is 18.8 Å². The summed E-state index contributed by atoms with van der Waals surface area (Å²) in [5, 5.41) is 0.